The first kappa shape index (κ1) is 5.95. The van der Waals surface area contributed by atoms with Crippen LogP contribution in [0.2, 0.25) is 0 Å². The van der Waals surface area contributed by atoms with E-state index in [4.69, 9.17) is 0 Å². The Morgan fingerprint density at radius 1 is 1.62 bits per heavy atom. The van der Waals surface area contributed by atoms with Crippen molar-refractivity contribution in [1.29, 1.82) is 0 Å². The van der Waals surface area contributed by atoms with Crippen molar-refractivity contribution in [3.8, 4) is 0 Å². The van der Waals surface area contributed by atoms with Crippen LogP contribution in [0.1, 0.15) is 19.3 Å². The van der Waals surface area contributed by atoms with Gasteiger partial charge in [-0.15, -0.1) is 0 Å². The maximum atomic E-state index is 9.68. The van der Waals surface area contributed by atoms with Crippen LogP contribution in [-0.4, -0.2) is 10.8 Å². The lowest BCUT2D eigenvalue weighted by Gasteiger charge is -1.83. The normalized spacial score (nSPS) is 18.0. The largest absolute Gasteiger partial charge is 0.199 e. The molecule has 3 heteroatoms. The van der Waals surface area contributed by atoms with Crippen LogP contribution in [-0.2, 0) is 11.5 Å². The van der Waals surface area contributed by atoms with E-state index in [0.717, 1.165) is 18.9 Å². The topological polar surface area (TPSA) is 29.4 Å². The minimum Gasteiger partial charge on any atom is -0.194 e. The molecule has 8 heavy (non-hydrogen) atoms. The molecule has 1 aliphatic carbocycles. The summed E-state index contributed by atoms with van der Waals surface area (Å²) in [5.74, 6) is 0.908. The van der Waals surface area contributed by atoms with E-state index in [1.807, 2.05) is 0 Å². The molecule has 0 N–H and O–H groups in total. The molecule has 46 valence electrons. The Balaban J connectivity index is 1.95. The summed E-state index contributed by atoms with van der Waals surface area (Å²) in [6.45, 7) is 0.763. The Morgan fingerprint density at radius 3 is 2.88 bits per heavy atom. The van der Waals surface area contributed by atoms with Crippen molar-refractivity contribution < 1.29 is 4.21 Å². The van der Waals surface area contributed by atoms with E-state index in [0.29, 0.717) is 11.5 Å². The molecule has 0 radical (unpaired) electrons. The summed E-state index contributed by atoms with van der Waals surface area (Å²) in [6, 6.07) is 0. The van der Waals surface area contributed by atoms with Crippen molar-refractivity contribution in [2.24, 2.45) is 10.3 Å². The molecule has 1 saturated carbocycles. The fraction of sp³-hybridized carbons (Fsp3) is 1.00. The smallest absolute Gasteiger partial charge is 0.194 e. The van der Waals surface area contributed by atoms with Crippen molar-refractivity contribution in [2.45, 2.75) is 19.3 Å². The molecule has 1 aliphatic rings. The molecule has 0 atom stereocenters. The lowest BCUT2D eigenvalue weighted by atomic mass is 10.3. The number of hydrogen-bond donors (Lipinski definition) is 0. The maximum Gasteiger partial charge on any atom is 0.199 e. The van der Waals surface area contributed by atoms with Crippen molar-refractivity contribution in [2.75, 3.05) is 6.54 Å². The van der Waals surface area contributed by atoms with Gasteiger partial charge in [0.25, 0.3) is 0 Å². The molecule has 0 saturated heterocycles. The third-order valence-electron chi connectivity index (χ3n) is 1.38. The zero-order chi connectivity index (χ0) is 5.82. The average molecular weight is 131 g/mol. The highest BCUT2D eigenvalue weighted by atomic mass is 32.1. The Morgan fingerprint density at radius 2 is 2.38 bits per heavy atom. The summed E-state index contributed by atoms with van der Waals surface area (Å²) < 4.78 is 13.3. The zero-order valence-electron chi connectivity index (χ0n) is 4.67. The summed E-state index contributed by atoms with van der Waals surface area (Å²) in [4.78, 5) is 0. The predicted octanol–water partition coefficient (Wildman–Crippen LogP) is 1.18. The molecular weight excluding hydrogens is 122 g/mol. The van der Waals surface area contributed by atoms with Gasteiger partial charge in [0, 0.05) is 0 Å². The Kier molecular flexibility index (Phi) is 2.21. The molecular formula is C5H9NOS. The van der Waals surface area contributed by atoms with Gasteiger partial charge in [0.15, 0.2) is 11.5 Å². The Hall–Kier alpha value is -0.180. The van der Waals surface area contributed by atoms with Crippen LogP contribution in [0.4, 0.5) is 0 Å². The van der Waals surface area contributed by atoms with Gasteiger partial charge in [-0.3, -0.25) is 0 Å². The first-order valence-electron chi connectivity index (χ1n) is 2.89. The van der Waals surface area contributed by atoms with Gasteiger partial charge < -0.3 is 0 Å². The molecule has 0 heterocycles. The second-order valence-electron chi connectivity index (χ2n) is 2.16. The SMILES string of the molecule is O=S=NCCC1CC1. The van der Waals surface area contributed by atoms with Crippen molar-refractivity contribution >= 4 is 11.5 Å². The lowest BCUT2D eigenvalue weighted by molar-refractivity contribution is 0.692. The molecule has 0 spiro atoms. The van der Waals surface area contributed by atoms with Gasteiger partial charge in [-0.2, -0.15) is 8.57 Å². The van der Waals surface area contributed by atoms with Gasteiger partial charge in [0.05, 0.1) is 6.54 Å². The fourth-order valence-electron chi connectivity index (χ4n) is 0.679. The molecule has 0 aliphatic heterocycles. The number of rotatable bonds is 3. The van der Waals surface area contributed by atoms with Crippen LogP contribution >= 0.6 is 0 Å². The van der Waals surface area contributed by atoms with E-state index < -0.39 is 0 Å². The second-order valence-corrected chi connectivity index (χ2v) is 2.57. The van der Waals surface area contributed by atoms with E-state index in [9.17, 15) is 4.21 Å². The minimum absolute atomic E-state index is 0.346. The molecule has 0 aromatic carbocycles. The molecule has 0 aromatic rings. The monoisotopic (exact) mass is 131 g/mol. The van der Waals surface area contributed by atoms with Crippen molar-refractivity contribution in [3.63, 3.8) is 0 Å². The average Bonchev–Trinajstić information content (AvgIpc) is 2.51. The highest BCUT2D eigenvalue weighted by Gasteiger charge is 2.19. The zero-order valence-corrected chi connectivity index (χ0v) is 5.49. The van der Waals surface area contributed by atoms with Crippen molar-refractivity contribution in [1.82, 2.24) is 0 Å². The Labute approximate surface area is 52.5 Å². The molecule has 0 aromatic heterocycles. The summed E-state index contributed by atoms with van der Waals surface area (Å²) in [7, 11) is 0. The maximum absolute atomic E-state index is 9.68. The molecule has 2 nitrogen and oxygen atoms in total. The summed E-state index contributed by atoms with van der Waals surface area (Å²) >= 11 is 0.346. The van der Waals surface area contributed by atoms with E-state index in [-0.39, 0.29) is 0 Å². The summed E-state index contributed by atoms with van der Waals surface area (Å²) in [5.41, 5.74) is 0. The molecule has 0 amide bonds. The second kappa shape index (κ2) is 2.97. The third-order valence-corrected chi connectivity index (χ3v) is 1.67. The molecule has 1 fully saturated rings. The van der Waals surface area contributed by atoms with Gasteiger partial charge in [0.1, 0.15) is 0 Å². The van der Waals surface area contributed by atoms with Crippen molar-refractivity contribution in [3.05, 3.63) is 0 Å². The van der Waals surface area contributed by atoms with Gasteiger partial charge in [-0.05, 0) is 12.3 Å². The highest BCUT2D eigenvalue weighted by Crippen LogP contribution is 2.31. The number of nitrogens with zero attached hydrogens (tertiary/aromatic N) is 1. The lowest BCUT2D eigenvalue weighted by Crippen LogP contribution is -1.79. The fourth-order valence-corrected chi connectivity index (χ4v) is 0.859. The molecule has 1 rings (SSSR count). The van der Waals surface area contributed by atoms with E-state index in [2.05, 4.69) is 4.36 Å². The van der Waals surface area contributed by atoms with Crippen LogP contribution in [0, 0.1) is 5.92 Å². The summed E-state index contributed by atoms with van der Waals surface area (Å²) in [5, 5.41) is 0. The van der Waals surface area contributed by atoms with Crippen LogP contribution < -0.4 is 0 Å². The standard InChI is InChI=1S/C5H9NOS/c7-8-6-4-3-5-1-2-5/h5H,1-4H2. The first-order valence-corrected chi connectivity index (χ1v) is 3.59. The Bertz CT molecular complexity index is 116. The van der Waals surface area contributed by atoms with Gasteiger partial charge in [-0.25, -0.2) is 0 Å². The predicted molar refractivity (Wildman–Crippen MR) is 32.8 cm³/mol. The summed E-state index contributed by atoms with van der Waals surface area (Å²) in [6.07, 6.45) is 3.85. The van der Waals surface area contributed by atoms with Gasteiger partial charge >= 0.3 is 0 Å². The van der Waals surface area contributed by atoms with Crippen LogP contribution in [0.15, 0.2) is 4.36 Å². The van der Waals surface area contributed by atoms with E-state index in [1.54, 1.807) is 0 Å². The van der Waals surface area contributed by atoms with Gasteiger partial charge in [-0.1, -0.05) is 12.8 Å². The van der Waals surface area contributed by atoms with E-state index in [1.165, 1.54) is 12.8 Å². The van der Waals surface area contributed by atoms with Gasteiger partial charge in [0.2, 0.25) is 0 Å². The minimum atomic E-state index is 0.346. The third kappa shape index (κ3) is 2.21. The molecule has 0 bridgehead atoms. The van der Waals surface area contributed by atoms with Crippen LogP contribution in [0.25, 0.3) is 0 Å². The van der Waals surface area contributed by atoms with Crippen LogP contribution in [0.3, 0.4) is 0 Å². The van der Waals surface area contributed by atoms with Crippen LogP contribution in [0.5, 0.6) is 0 Å². The molecule has 0 unspecified atom stereocenters. The number of hydrogen-bond acceptors (Lipinski definition) is 2. The quantitative estimate of drug-likeness (QED) is 0.565. The highest BCUT2D eigenvalue weighted by molar-refractivity contribution is 7.54. The first-order chi connectivity index (χ1) is 3.93. The van der Waals surface area contributed by atoms with E-state index >= 15 is 0 Å².